The number of nitriles is 1. The van der Waals surface area contributed by atoms with Crippen LogP contribution < -0.4 is 30.3 Å². The van der Waals surface area contributed by atoms with Gasteiger partial charge in [-0.3, -0.25) is 0 Å². The lowest BCUT2D eigenvalue weighted by Gasteiger charge is -2.29. The summed E-state index contributed by atoms with van der Waals surface area (Å²) in [6, 6.07) is 7.99. The lowest BCUT2D eigenvalue weighted by molar-refractivity contribution is 0.346. The number of methoxy groups -OCH3 is 3. The van der Waals surface area contributed by atoms with Crippen molar-refractivity contribution in [2.45, 2.75) is 12.8 Å². The van der Waals surface area contributed by atoms with E-state index in [0.29, 0.717) is 33.8 Å². The summed E-state index contributed by atoms with van der Waals surface area (Å²) in [5.41, 5.74) is 7.13. The Hall–Kier alpha value is -4.32. The van der Waals surface area contributed by atoms with Gasteiger partial charge >= 0.3 is 5.63 Å². The summed E-state index contributed by atoms with van der Waals surface area (Å²) < 4.78 is 27.4. The van der Waals surface area contributed by atoms with Crippen LogP contribution in [0.5, 0.6) is 28.7 Å². The summed E-state index contributed by atoms with van der Waals surface area (Å²) >= 11 is 0. The van der Waals surface area contributed by atoms with Crippen LogP contribution in [0.15, 0.2) is 44.9 Å². The minimum Gasteiger partial charge on any atom is -0.507 e. The average molecular weight is 436 g/mol. The Balaban J connectivity index is 2.13. The molecule has 3 aromatic rings. The van der Waals surface area contributed by atoms with Crippen LogP contribution in [0.1, 0.15) is 22.6 Å². The molecule has 1 aromatic heterocycles. The first kappa shape index (κ1) is 20.9. The highest BCUT2D eigenvalue weighted by molar-refractivity contribution is 5.91. The second-order valence-electron chi connectivity index (χ2n) is 7.13. The predicted molar refractivity (Wildman–Crippen MR) is 114 cm³/mol. The van der Waals surface area contributed by atoms with Crippen LogP contribution in [0.4, 0.5) is 0 Å². The van der Waals surface area contributed by atoms with Gasteiger partial charge in [-0.05, 0) is 18.6 Å². The number of phenolic OH excluding ortho intramolecular Hbond substituents is 1. The number of allylic oxidation sites excluding steroid dienone is 1. The Morgan fingerprint density at radius 2 is 1.72 bits per heavy atom. The molecule has 32 heavy (non-hydrogen) atoms. The molecule has 164 valence electrons. The molecule has 9 heteroatoms. The first-order valence-electron chi connectivity index (χ1n) is 9.52. The quantitative estimate of drug-likeness (QED) is 0.591. The lowest BCUT2D eigenvalue weighted by atomic mass is 9.81. The van der Waals surface area contributed by atoms with Crippen molar-refractivity contribution in [1.82, 2.24) is 0 Å². The van der Waals surface area contributed by atoms with Gasteiger partial charge < -0.3 is 34.2 Å². The molecule has 3 N–H and O–H groups in total. The maximum atomic E-state index is 11.8. The van der Waals surface area contributed by atoms with Gasteiger partial charge in [-0.15, -0.1) is 0 Å². The maximum absolute atomic E-state index is 11.8. The number of nitrogens with two attached hydrogens (primary N) is 1. The van der Waals surface area contributed by atoms with Crippen molar-refractivity contribution in [1.29, 1.82) is 5.26 Å². The van der Waals surface area contributed by atoms with Crippen molar-refractivity contribution in [2.75, 3.05) is 21.3 Å². The fourth-order valence-corrected chi connectivity index (χ4v) is 4.02. The molecule has 2 heterocycles. The van der Waals surface area contributed by atoms with Gasteiger partial charge in [0.2, 0.25) is 5.88 Å². The molecule has 0 unspecified atom stereocenters. The molecule has 2 aromatic carbocycles. The van der Waals surface area contributed by atoms with E-state index in [2.05, 4.69) is 6.07 Å². The first-order valence-corrected chi connectivity index (χ1v) is 9.52. The number of aryl methyl sites for hydroxylation is 1. The normalized spacial score (nSPS) is 15.0. The van der Waals surface area contributed by atoms with E-state index in [1.807, 2.05) is 0 Å². The second-order valence-corrected chi connectivity index (χ2v) is 7.13. The van der Waals surface area contributed by atoms with Crippen LogP contribution in [0, 0.1) is 18.3 Å². The zero-order valence-electron chi connectivity index (χ0n) is 17.8. The Morgan fingerprint density at radius 1 is 1.06 bits per heavy atom. The van der Waals surface area contributed by atoms with E-state index in [1.165, 1.54) is 33.5 Å². The van der Waals surface area contributed by atoms with Crippen LogP contribution in [0.3, 0.4) is 0 Å². The van der Waals surface area contributed by atoms with Crippen molar-refractivity contribution in [2.24, 2.45) is 5.73 Å². The molecular formula is C23H20N2O7. The van der Waals surface area contributed by atoms with E-state index in [9.17, 15) is 15.2 Å². The first-order chi connectivity index (χ1) is 15.3. The van der Waals surface area contributed by atoms with Crippen molar-refractivity contribution < 1.29 is 28.5 Å². The summed E-state index contributed by atoms with van der Waals surface area (Å²) in [7, 11) is 4.45. The minimum absolute atomic E-state index is 0.0766. The SMILES string of the molecule is COc1cc(OC)c([C@@H]2C(C#N)=C(N)Oc3c2c(O)cc2oc(=O)cc(C)c32)cc1OC. The number of hydrogen-bond donors (Lipinski definition) is 2. The average Bonchev–Trinajstić information content (AvgIpc) is 2.76. The topological polar surface area (TPSA) is 137 Å². The zero-order chi connectivity index (χ0) is 23.2. The molecule has 0 fully saturated rings. The highest BCUT2D eigenvalue weighted by Crippen LogP contribution is 2.53. The number of fused-ring (bicyclic) bond motifs is 3. The molecule has 0 amide bonds. The van der Waals surface area contributed by atoms with Crippen LogP contribution >= 0.6 is 0 Å². The maximum Gasteiger partial charge on any atom is 0.336 e. The summed E-state index contributed by atoms with van der Waals surface area (Å²) in [6.07, 6.45) is 0. The lowest BCUT2D eigenvalue weighted by Crippen LogP contribution is -2.22. The fourth-order valence-electron chi connectivity index (χ4n) is 4.02. The van der Waals surface area contributed by atoms with Crippen molar-refractivity contribution >= 4 is 11.0 Å². The third-order valence-electron chi connectivity index (χ3n) is 5.42. The Kier molecular flexibility index (Phi) is 5.06. The van der Waals surface area contributed by atoms with E-state index in [1.54, 1.807) is 19.1 Å². The summed E-state index contributed by atoms with van der Waals surface area (Å²) in [4.78, 5) is 11.8. The van der Waals surface area contributed by atoms with Crippen LogP contribution in [0.2, 0.25) is 0 Å². The molecule has 0 bridgehead atoms. The number of phenols is 1. The van der Waals surface area contributed by atoms with Crippen LogP contribution in [-0.4, -0.2) is 26.4 Å². The standard InChI is InChI=1S/C23H20N2O7/c1-10-5-18(27)31-17-7-13(26)21-20(12(9-24)23(25)32-22(21)19(10)17)11-6-15(29-3)16(30-4)8-14(11)28-2/h5-8,20,26H,25H2,1-4H3/t20-/m1/s1. The highest BCUT2D eigenvalue weighted by Gasteiger charge is 2.37. The van der Waals surface area contributed by atoms with Gasteiger partial charge in [0, 0.05) is 23.8 Å². The molecule has 1 aliphatic rings. The number of rotatable bonds is 4. The molecular weight excluding hydrogens is 416 g/mol. The molecule has 1 aliphatic heterocycles. The molecule has 4 rings (SSSR count). The third kappa shape index (κ3) is 3.04. The molecule has 0 radical (unpaired) electrons. The summed E-state index contributed by atoms with van der Waals surface area (Å²) in [5.74, 6) is 0.180. The van der Waals surface area contributed by atoms with E-state index >= 15 is 0 Å². The number of ether oxygens (including phenoxy) is 4. The largest absolute Gasteiger partial charge is 0.507 e. The van der Waals surface area contributed by atoms with E-state index in [-0.39, 0.29) is 34.1 Å². The van der Waals surface area contributed by atoms with Gasteiger partial charge in [-0.2, -0.15) is 5.26 Å². The molecule has 0 spiro atoms. The monoisotopic (exact) mass is 436 g/mol. The number of nitrogens with zero attached hydrogens (tertiary/aromatic N) is 1. The Labute approximate surface area is 182 Å². The van der Waals surface area contributed by atoms with Crippen molar-refractivity contribution in [3.05, 3.63) is 62.8 Å². The summed E-state index contributed by atoms with van der Waals surface area (Å²) in [6.45, 7) is 1.71. The third-order valence-corrected chi connectivity index (χ3v) is 5.42. The molecule has 1 atom stereocenters. The number of hydrogen-bond acceptors (Lipinski definition) is 9. The Bertz CT molecular complexity index is 1380. The van der Waals surface area contributed by atoms with E-state index < -0.39 is 11.5 Å². The summed E-state index contributed by atoms with van der Waals surface area (Å²) in [5, 5.41) is 21.3. The molecule has 0 saturated heterocycles. The minimum atomic E-state index is -0.853. The number of benzene rings is 2. The van der Waals surface area contributed by atoms with E-state index in [0.717, 1.165) is 0 Å². The van der Waals surface area contributed by atoms with Crippen LogP contribution in [0.25, 0.3) is 11.0 Å². The van der Waals surface area contributed by atoms with E-state index in [4.69, 9.17) is 29.1 Å². The van der Waals surface area contributed by atoms with Gasteiger partial charge in [0.25, 0.3) is 0 Å². The van der Waals surface area contributed by atoms with Gasteiger partial charge in [0.1, 0.15) is 34.5 Å². The molecule has 0 saturated carbocycles. The Morgan fingerprint density at radius 3 is 2.34 bits per heavy atom. The number of aromatic hydroxyl groups is 1. The smallest absolute Gasteiger partial charge is 0.336 e. The predicted octanol–water partition coefficient (Wildman–Crippen LogP) is 3.05. The van der Waals surface area contributed by atoms with Crippen LogP contribution in [-0.2, 0) is 0 Å². The second kappa shape index (κ2) is 7.74. The van der Waals surface area contributed by atoms with Gasteiger partial charge in [0.05, 0.1) is 38.2 Å². The van der Waals surface area contributed by atoms with Gasteiger partial charge in [-0.1, -0.05) is 0 Å². The highest BCUT2D eigenvalue weighted by atomic mass is 16.5. The van der Waals surface area contributed by atoms with Crippen molar-refractivity contribution in [3.8, 4) is 34.8 Å². The fraction of sp³-hybridized carbons (Fsp3) is 0.217. The van der Waals surface area contributed by atoms with Crippen molar-refractivity contribution in [3.63, 3.8) is 0 Å². The molecule has 9 nitrogen and oxygen atoms in total. The molecule has 0 aliphatic carbocycles. The van der Waals surface area contributed by atoms with Gasteiger partial charge in [-0.25, -0.2) is 4.79 Å². The van der Waals surface area contributed by atoms with Gasteiger partial charge in [0.15, 0.2) is 11.5 Å². The zero-order valence-corrected chi connectivity index (χ0v) is 17.8.